The Bertz CT molecular complexity index is 497. The maximum atomic E-state index is 13.7. The van der Waals surface area contributed by atoms with Crippen LogP contribution < -0.4 is 5.32 Å². The van der Waals surface area contributed by atoms with Gasteiger partial charge in [0.2, 0.25) is 0 Å². The molecule has 0 aliphatic carbocycles. The van der Waals surface area contributed by atoms with Crippen LogP contribution in [0.3, 0.4) is 0 Å². The summed E-state index contributed by atoms with van der Waals surface area (Å²) in [7, 11) is 0. The molecule has 1 heterocycles. The van der Waals surface area contributed by atoms with Crippen molar-refractivity contribution in [2.24, 2.45) is 0 Å². The zero-order chi connectivity index (χ0) is 12.8. The van der Waals surface area contributed by atoms with Gasteiger partial charge in [-0.3, -0.25) is 4.98 Å². The summed E-state index contributed by atoms with van der Waals surface area (Å²) in [5.41, 5.74) is 2.71. The van der Waals surface area contributed by atoms with Crippen LogP contribution in [0, 0.1) is 5.82 Å². The number of pyridine rings is 1. The predicted octanol–water partition coefficient (Wildman–Crippen LogP) is 3.39. The molecule has 1 aromatic carbocycles. The van der Waals surface area contributed by atoms with Crippen LogP contribution >= 0.6 is 0 Å². The van der Waals surface area contributed by atoms with Crippen molar-refractivity contribution in [1.29, 1.82) is 0 Å². The van der Waals surface area contributed by atoms with E-state index in [-0.39, 0.29) is 5.82 Å². The van der Waals surface area contributed by atoms with Gasteiger partial charge in [-0.1, -0.05) is 19.1 Å². The molecule has 2 rings (SSSR count). The van der Waals surface area contributed by atoms with Crippen LogP contribution in [-0.4, -0.2) is 11.5 Å². The Morgan fingerprint density at radius 1 is 1.22 bits per heavy atom. The molecule has 0 aliphatic rings. The van der Waals surface area contributed by atoms with E-state index in [4.69, 9.17) is 0 Å². The van der Waals surface area contributed by atoms with Crippen LogP contribution in [0.4, 0.5) is 4.39 Å². The SMILES string of the molecule is CCCNCc1cc(-c2cccnc2)ccc1F. The maximum Gasteiger partial charge on any atom is 0.127 e. The van der Waals surface area contributed by atoms with Gasteiger partial charge < -0.3 is 5.32 Å². The molecule has 0 aliphatic heterocycles. The molecule has 0 fully saturated rings. The molecule has 0 bridgehead atoms. The van der Waals surface area contributed by atoms with Gasteiger partial charge in [0.05, 0.1) is 0 Å². The highest BCUT2D eigenvalue weighted by molar-refractivity contribution is 5.63. The highest BCUT2D eigenvalue weighted by Crippen LogP contribution is 2.21. The molecule has 1 N–H and O–H groups in total. The minimum atomic E-state index is -0.161. The molecule has 0 saturated heterocycles. The molecule has 2 aromatic rings. The van der Waals surface area contributed by atoms with Gasteiger partial charge in [-0.2, -0.15) is 0 Å². The lowest BCUT2D eigenvalue weighted by atomic mass is 10.0. The van der Waals surface area contributed by atoms with E-state index in [1.54, 1.807) is 18.5 Å². The fraction of sp³-hybridized carbons (Fsp3) is 0.267. The lowest BCUT2D eigenvalue weighted by Gasteiger charge is -2.08. The fourth-order valence-corrected chi connectivity index (χ4v) is 1.82. The Hall–Kier alpha value is -1.74. The summed E-state index contributed by atoms with van der Waals surface area (Å²) in [5.74, 6) is -0.161. The van der Waals surface area contributed by atoms with Crippen LogP contribution in [-0.2, 0) is 6.54 Å². The molecule has 94 valence electrons. The molecule has 3 heteroatoms. The molecule has 0 saturated carbocycles. The van der Waals surface area contributed by atoms with Crippen LogP contribution in [0.2, 0.25) is 0 Å². The van der Waals surface area contributed by atoms with Crippen molar-refractivity contribution in [3.8, 4) is 11.1 Å². The number of hydrogen-bond donors (Lipinski definition) is 1. The van der Waals surface area contributed by atoms with E-state index in [9.17, 15) is 4.39 Å². The number of aromatic nitrogens is 1. The molecule has 0 atom stereocenters. The first-order valence-electron chi connectivity index (χ1n) is 6.21. The first-order chi connectivity index (χ1) is 8.81. The minimum absolute atomic E-state index is 0.161. The van der Waals surface area contributed by atoms with Crippen LogP contribution in [0.15, 0.2) is 42.7 Å². The van der Waals surface area contributed by atoms with Gasteiger partial charge in [0.25, 0.3) is 0 Å². The molecule has 0 amide bonds. The summed E-state index contributed by atoms with van der Waals surface area (Å²) in [6.07, 6.45) is 4.57. The van der Waals surface area contributed by atoms with E-state index in [0.717, 1.165) is 24.1 Å². The molecule has 0 unspecified atom stereocenters. The fourth-order valence-electron chi connectivity index (χ4n) is 1.82. The molecule has 0 radical (unpaired) electrons. The van der Waals surface area contributed by atoms with E-state index < -0.39 is 0 Å². The van der Waals surface area contributed by atoms with Crippen LogP contribution in [0.5, 0.6) is 0 Å². The second kappa shape index (κ2) is 6.26. The summed E-state index contributed by atoms with van der Waals surface area (Å²) in [6.45, 7) is 3.56. The van der Waals surface area contributed by atoms with Crippen molar-refractivity contribution in [1.82, 2.24) is 10.3 Å². The van der Waals surface area contributed by atoms with Crippen molar-refractivity contribution in [3.05, 3.63) is 54.1 Å². The van der Waals surface area contributed by atoms with Gasteiger partial charge in [0, 0.05) is 30.1 Å². The lowest BCUT2D eigenvalue weighted by molar-refractivity contribution is 0.587. The zero-order valence-electron chi connectivity index (χ0n) is 10.5. The van der Waals surface area contributed by atoms with Crippen molar-refractivity contribution in [2.45, 2.75) is 19.9 Å². The molecule has 18 heavy (non-hydrogen) atoms. The van der Waals surface area contributed by atoms with E-state index in [1.807, 2.05) is 18.2 Å². The number of halogens is 1. The Morgan fingerprint density at radius 2 is 2.11 bits per heavy atom. The lowest BCUT2D eigenvalue weighted by Crippen LogP contribution is -2.14. The normalized spacial score (nSPS) is 10.6. The van der Waals surface area contributed by atoms with Crippen molar-refractivity contribution >= 4 is 0 Å². The number of nitrogens with zero attached hydrogens (tertiary/aromatic N) is 1. The van der Waals surface area contributed by atoms with Gasteiger partial charge in [0.15, 0.2) is 0 Å². The second-order valence-corrected chi connectivity index (χ2v) is 4.22. The highest BCUT2D eigenvalue weighted by atomic mass is 19.1. The molecule has 1 aromatic heterocycles. The summed E-state index contributed by atoms with van der Waals surface area (Å²) < 4.78 is 13.7. The molecule has 0 spiro atoms. The van der Waals surface area contributed by atoms with Crippen molar-refractivity contribution in [3.63, 3.8) is 0 Å². The first-order valence-corrected chi connectivity index (χ1v) is 6.21. The summed E-state index contributed by atoms with van der Waals surface area (Å²) in [5, 5.41) is 3.22. The van der Waals surface area contributed by atoms with Gasteiger partial charge >= 0.3 is 0 Å². The third-order valence-corrected chi connectivity index (χ3v) is 2.78. The van der Waals surface area contributed by atoms with Gasteiger partial charge in [0.1, 0.15) is 5.82 Å². The Balaban J connectivity index is 2.21. The third kappa shape index (κ3) is 3.14. The van der Waals surface area contributed by atoms with Crippen LogP contribution in [0.25, 0.3) is 11.1 Å². The maximum absolute atomic E-state index is 13.7. The second-order valence-electron chi connectivity index (χ2n) is 4.22. The minimum Gasteiger partial charge on any atom is -0.313 e. The topological polar surface area (TPSA) is 24.9 Å². The number of rotatable bonds is 5. The number of benzene rings is 1. The molecular formula is C15H17FN2. The van der Waals surface area contributed by atoms with Gasteiger partial charge in [-0.05, 0) is 36.7 Å². The zero-order valence-corrected chi connectivity index (χ0v) is 10.5. The van der Waals surface area contributed by atoms with E-state index in [2.05, 4.69) is 17.2 Å². The van der Waals surface area contributed by atoms with E-state index in [0.29, 0.717) is 12.1 Å². The van der Waals surface area contributed by atoms with Gasteiger partial charge in [-0.15, -0.1) is 0 Å². The van der Waals surface area contributed by atoms with Crippen LogP contribution in [0.1, 0.15) is 18.9 Å². The predicted molar refractivity (Wildman–Crippen MR) is 71.6 cm³/mol. The van der Waals surface area contributed by atoms with Crippen molar-refractivity contribution < 1.29 is 4.39 Å². The monoisotopic (exact) mass is 244 g/mol. The summed E-state index contributed by atoms with van der Waals surface area (Å²) in [4.78, 5) is 4.08. The first kappa shape index (κ1) is 12.7. The Labute approximate surface area is 107 Å². The smallest absolute Gasteiger partial charge is 0.127 e. The quantitative estimate of drug-likeness (QED) is 0.815. The Morgan fingerprint density at radius 3 is 2.83 bits per heavy atom. The van der Waals surface area contributed by atoms with E-state index in [1.165, 1.54) is 6.07 Å². The Kier molecular flexibility index (Phi) is 4.42. The standard InChI is InChI=1S/C15H17FN2/c1-2-7-17-11-14-9-12(5-6-15(14)16)13-4-3-8-18-10-13/h3-6,8-10,17H,2,7,11H2,1H3. The van der Waals surface area contributed by atoms with E-state index >= 15 is 0 Å². The summed E-state index contributed by atoms with van der Waals surface area (Å²) in [6, 6.07) is 9.05. The highest BCUT2D eigenvalue weighted by Gasteiger charge is 2.04. The third-order valence-electron chi connectivity index (χ3n) is 2.78. The molecular weight excluding hydrogens is 227 g/mol. The summed E-state index contributed by atoms with van der Waals surface area (Å²) >= 11 is 0. The average molecular weight is 244 g/mol. The number of hydrogen-bond acceptors (Lipinski definition) is 2. The average Bonchev–Trinajstić information content (AvgIpc) is 2.42. The largest absolute Gasteiger partial charge is 0.313 e. The van der Waals surface area contributed by atoms with Gasteiger partial charge in [-0.25, -0.2) is 4.39 Å². The number of nitrogens with one attached hydrogen (secondary N) is 1. The van der Waals surface area contributed by atoms with Crippen molar-refractivity contribution in [2.75, 3.05) is 6.54 Å². The molecule has 2 nitrogen and oxygen atoms in total.